The van der Waals surface area contributed by atoms with Crippen LogP contribution < -0.4 is 10.1 Å². The maximum absolute atomic E-state index is 12.7. The molecule has 1 aliphatic heterocycles. The summed E-state index contributed by atoms with van der Waals surface area (Å²) in [5.74, 6) is 0.388. The summed E-state index contributed by atoms with van der Waals surface area (Å²) < 4.78 is 5.62. The molecule has 0 spiro atoms. The van der Waals surface area contributed by atoms with Crippen molar-refractivity contribution in [2.24, 2.45) is 5.92 Å². The Morgan fingerprint density at radius 1 is 1.06 bits per heavy atom. The van der Waals surface area contributed by atoms with Crippen molar-refractivity contribution in [2.75, 3.05) is 25.0 Å². The minimum atomic E-state index is -0.253. The van der Waals surface area contributed by atoms with E-state index in [1.54, 1.807) is 4.90 Å². The van der Waals surface area contributed by atoms with Crippen LogP contribution in [-0.4, -0.2) is 46.6 Å². The van der Waals surface area contributed by atoms with Crippen LogP contribution in [0.15, 0.2) is 60.7 Å². The number of rotatable bonds is 7. The number of piperidine rings is 1. The molecule has 1 aliphatic rings. The van der Waals surface area contributed by atoms with E-state index in [1.807, 2.05) is 60.7 Å². The summed E-state index contributed by atoms with van der Waals surface area (Å²) >= 11 is 1.34. The highest BCUT2D eigenvalue weighted by molar-refractivity contribution is 7.18. The van der Waals surface area contributed by atoms with Gasteiger partial charge in [-0.25, -0.2) is 0 Å². The Labute approximate surface area is 185 Å². The first kappa shape index (κ1) is 21.0. The molecule has 31 heavy (non-hydrogen) atoms. The fourth-order valence-corrected chi connectivity index (χ4v) is 4.28. The number of para-hydroxylation sites is 1. The van der Waals surface area contributed by atoms with E-state index in [2.05, 4.69) is 15.5 Å². The van der Waals surface area contributed by atoms with Gasteiger partial charge in [0.15, 0.2) is 0 Å². The number of nitrogens with one attached hydrogen (secondary N) is 1. The lowest BCUT2D eigenvalue weighted by atomic mass is 9.97. The monoisotopic (exact) mass is 436 g/mol. The Morgan fingerprint density at radius 3 is 2.58 bits per heavy atom. The summed E-state index contributed by atoms with van der Waals surface area (Å²) in [5.41, 5.74) is 0.965. The fourth-order valence-electron chi connectivity index (χ4n) is 3.53. The van der Waals surface area contributed by atoms with Gasteiger partial charge in [0.05, 0.1) is 18.9 Å². The van der Waals surface area contributed by atoms with Gasteiger partial charge in [0, 0.05) is 18.7 Å². The topological polar surface area (TPSA) is 84.4 Å². The maximum Gasteiger partial charge on any atom is 0.231 e. The third kappa shape index (κ3) is 5.67. The second-order valence-electron chi connectivity index (χ2n) is 7.36. The van der Waals surface area contributed by atoms with Gasteiger partial charge >= 0.3 is 0 Å². The molecule has 0 radical (unpaired) electrons. The molecule has 0 aliphatic carbocycles. The van der Waals surface area contributed by atoms with Crippen LogP contribution in [0.4, 0.5) is 5.13 Å². The number of anilines is 1. The smallest absolute Gasteiger partial charge is 0.231 e. The van der Waals surface area contributed by atoms with Crippen molar-refractivity contribution in [3.8, 4) is 16.3 Å². The molecular weight excluding hydrogens is 412 g/mol. The SMILES string of the molecule is O=C(Nc1nnc(-c2ccccc2)s1)C1CCCN(C(=O)CCOc2ccccc2)C1. The number of hydrogen-bond donors (Lipinski definition) is 1. The first-order valence-electron chi connectivity index (χ1n) is 10.3. The molecule has 8 heteroatoms. The van der Waals surface area contributed by atoms with Gasteiger partial charge in [-0.15, -0.1) is 10.2 Å². The lowest BCUT2D eigenvalue weighted by molar-refractivity contribution is -0.135. The molecular formula is C23H24N4O3S. The van der Waals surface area contributed by atoms with Crippen molar-refractivity contribution in [3.63, 3.8) is 0 Å². The minimum absolute atomic E-state index is 0.00992. The van der Waals surface area contributed by atoms with Crippen molar-refractivity contribution in [2.45, 2.75) is 19.3 Å². The van der Waals surface area contributed by atoms with Gasteiger partial charge in [-0.05, 0) is 25.0 Å². The number of carbonyl (C=O) groups excluding carboxylic acids is 2. The number of likely N-dealkylation sites (tertiary alicyclic amines) is 1. The Bertz CT molecular complexity index is 1010. The maximum atomic E-state index is 12.7. The van der Waals surface area contributed by atoms with Crippen LogP contribution in [0.1, 0.15) is 19.3 Å². The number of nitrogens with zero attached hydrogens (tertiary/aromatic N) is 3. The van der Waals surface area contributed by atoms with Crippen LogP contribution in [0.5, 0.6) is 5.75 Å². The number of amides is 2. The quantitative estimate of drug-likeness (QED) is 0.608. The fraction of sp³-hybridized carbons (Fsp3) is 0.304. The highest BCUT2D eigenvalue weighted by atomic mass is 32.1. The zero-order valence-electron chi connectivity index (χ0n) is 17.1. The lowest BCUT2D eigenvalue weighted by Gasteiger charge is -2.32. The third-order valence-corrected chi connectivity index (χ3v) is 6.04. The van der Waals surface area contributed by atoms with E-state index < -0.39 is 0 Å². The Balaban J connectivity index is 1.27. The summed E-state index contributed by atoms with van der Waals surface area (Å²) in [4.78, 5) is 27.1. The molecule has 3 aromatic rings. The summed E-state index contributed by atoms with van der Waals surface area (Å²) in [6, 6.07) is 19.2. The Morgan fingerprint density at radius 2 is 1.81 bits per heavy atom. The van der Waals surface area contributed by atoms with Crippen LogP contribution in [0.2, 0.25) is 0 Å². The number of benzene rings is 2. The number of hydrogen-bond acceptors (Lipinski definition) is 6. The van der Waals surface area contributed by atoms with Gasteiger partial charge in [-0.1, -0.05) is 59.9 Å². The van der Waals surface area contributed by atoms with Gasteiger partial charge in [-0.2, -0.15) is 0 Å². The van der Waals surface area contributed by atoms with Gasteiger partial charge in [0.1, 0.15) is 10.8 Å². The van der Waals surface area contributed by atoms with E-state index in [-0.39, 0.29) is 17.7 Å². The molecule has 1 atom stereocenters. The van der Waals surface area contributed by atoms with Gasteiger partial charge in [0.25, 0.3) is 0 Å². The normalized spacial score (nSPS) is 16.0. The largest absolute Gasteiger partial charge is 0.493 e. The van der Waals surface area contributed by atoms with Crippen molar-refractivity contribution in [3.05, 3.63) is 60.7 Å². The van der Waals surface area contributed by atoms with Crippen molar-refractivity contribution in [1.82, 2.24) is 15.1 Å². The molecule has 1 aromatic heterocycles. The molecule has 160 valence electrons. The number of aromatic nitrogens is 2. The average molecular weight is 437 g/mol. The van der Waals surface area contributed by atoms with Crippen LogP contribution in [-0.2, 0) is 9.59 Å². The standard InChI is InChI=1S/C23H24N4O3S/c28-20(13-15-30-19-11-5-2-6-12-19)27-14-7-10-18(16-27)21(29)24-23-26-25-22(31-23)17-8-3-1-4-9-17/h1-6,8-9,11-12,18H,7,10,13-16H2,(H,24,26,29). The highest BCUT2D eigenvalue weighted by Crippen LogP contribution is 2.27. The predicted molar refractivity (Wildman–Crippen MR) is 120 cm³/mol. The highest BCUT2D eigenvalue weighted by Gasteiger charge is 2.29. The predicted octanol–water partition coefficient (Wildman–Crippen LogP) is 3.85. The first-order chi connectivity index (χ1) is 15.2. The van der Waals surface area contributed by atoms with Crippen LogP contribution in [0.3, 0.4) is 0 Å². The molecule has 2 amide bonds. The molecule has 1 unspecified atom stereocenters. The zero-order chi connectivity index (χ0) is 21.5. The Hall–Kier alpha value is -3.26. The third-order valence-electron chi connectivity index (χ3n) is 5.15. The number of ether oxygens (including phenoxy) is 1. The van der Waals surface area contributed by atoms with Crippen LogP contribution in [0.25, 0.3) is 10.6 Å². The van der Waals surface area contributed by atoms with Gasteiger partial charge < -0.3 is 15.0 Å². The molecule has 7 nitrogen and oxygen atoms in total. The van der Waals surface area contributed by atoms with E-state index in [4.69, 9.17) is 4.74 Å². The second-order valence-corrected chi connectivity index (χ2v) is 8.34. The minimum Gasteiger partial charge on any atom is -0.493 e. The van der Waals surface area contributed by atoms with E-state index >= 15 is 0 Å². The molecule has 0 saturated carbocycles. The molecule has 1 N–H and O–H groups in total. The Kier molecular flexibility index (Phi) is 6.89. The summed E-state index contributed by atoms with van der Waals surface area (Å²) in [5, 5.41) is 12.4. The molecule has 4 rings (SSSR count). The molecule has 2 aromatic carbocycles. The molecule has 1 fully saturated rings. The average Bonchev–Trinajstić information content (AvgIpc) is 3.29. The number of carbonyl (C=O) groups is 2. The van der Waals surface area contributed by atoms with E-state index in [9.17, 15) is 9.59 Å². The zero-order valence-corrected chi connectivity index (χ0v) is 17.9. The molecule has 2 heterocycles. The van der Waals surface area contributed by atoms with Crippen LogP contribution in [0, 0.1) is 5.92 Å². The first-order valence-corrected chi connectivity index (χ1v) is 11.2. The van der Waals surface area contributed by atoms with Crippen molar-refractivity contribution in [1.29, 1.82) is 0 Å². The van der Waals surface area contributed by atoms with Gasteiger partial charge in [-0.3, -0.25) is 9.59 Å². The summed E-state index contributed by atoms with van der Waals surface area (Å²) in [7, 11) is 0. The van der Waals surface area contributed by atoms with E-state index in [0.29, 0.717) is 31.2 Å². The van der Waals surface area contributed by atoms with Crippen molar-refractivity contribution >= 4 is 28.3 Å². The van der Waals surface area contributed by atoms with Crippen molar-refractivity contribution < 1.29 is 14.3 Å². The summed E-state index contributed by atoms with van der Waals surface area (Å²) in [6.07, 6.45) is 1.84. The van der Waals surface area contributed by atoms with Crippen LogP contribution >= 0.6 is 11.3 Å². The lowest BCUT2D eigenvalue weighted by Crippen LogP contribution is -2.44. The molecule has 0 bridgehead atoms. The van der Waals surface area contributed by atoms with Gasteiger partial charge in [0.2, 0.25) is 16.9 Å². The van der Waals surface area contributed by atoms with E-state index in [0.717, 1.165) is 29.2 Å². The summed E-state index contributed by atoms with van der Waals surface area (Å²) in [6.45, 7) is 1.41. The van der Waals surface area contributed by atoms with E-state index in [1.165, 1.54) is 11.3 Å². The second kappa shape index (κ2) is 10.2. The molecule has 1 saturated heterocycles.